The van der Waals surface area contributed by atoms with E-state index in [0.29, 0.717) is 5.92 Å². The molecule has 2 atom stereocenters. The lowest BCUT2D eigenvalue weighted by Crippen LogP contribution is -2.45. The number of carbonyl (C=O) groups is 1. The standard InChI is InChI=1S/C17H25FN4O/c18-15-7-14(8-19-10-15)12-22-6-2-3-13(11-22)9-21-17(23)16-4-1-5-20-16/h7-8,10,13,16,20H,1-6,9,11-12H2,(H,21,23). The van der Waals surface area contributed by atoms with Crippen LogP contribution in [0.1, 0.15) is 31.2 Å². The molecule has 0 radical (unpaired) electrons. The van der Waals surface area contributed by atoms with Gasteiger partial charge in [-0.15, -0.1) is 0 Å². The largest absolute Gasteiger partial charge is 0.354 e. The molecule has 126 valence electrons. The zero-order valence-corrected chi connectivity index (χ0v) is 13.4. The van der Waals surface area contributed by atoms with Gasteiger partial charge in [0, 0.05) is 25.8 Å². The molecule has 5 nitrogen and oxygen atoms in total. The number of piperidine rings is 1. The predicted molar refractivity (Wildman–Crippen MR) is 86.2 cm³/mol. The maximum absolute atomic E-state index is 13.2. The second kappa shape index (κ2) is 7.84. The van der Waals surface area contributed by atoms with Crippen LogP contribution in [-0.2, 0) is 11.3 Å². The summed E-state index contributed by atoms with van der Waals surface area (Å²) < 4.78 is 13.2. The first-order valence-corrected chi connectivity index (χ1v) is 8.53. The Labute approximate surface area is 136 Å². The molecule has 3 rings (SSSR count). The number of likely N-dealkylation sites (tertiary alicyclic amines) is 1. The van der Waals surface area contributed by atoms with Crippen molar-refractivity contribution in [1.82, 2.24) is 20.5 Å². The average Bonchev–Trinajstić information content (AvgIpc) is 3.07. The maximum atomic E-state index is 13.2. The van der Waals surface area contributed by atoms with Crippen LogP contribution < -0.4 is 10.6 Å². The quantitative estimate of drug-likeness (QED) is 0.859. The molecule has 2 saturated heterocycles. The van der Waals surface area contributed by atoms with Gasteiger partial charge in [-0.05, 0) is 56.3 Å². The smallest absolute Gasteiger partial charge is 0.237 e. The van der Waals surface area contributed by atoms with Gasteiger partial charge in [0.2, 0.25) is 5.91 Å². The van der Waals surface area contributed by atoms with Crippen LogP contribution in [-0.4, -0.2) is 48.0 Å². The average molecular weight is 320 g/mol. The van der Waals surface area contributed by atoms with Crippen molar-refractivity contribution in [3.8, 4) is 0 Å². The number of amides is 1. The first-order chi connectivity index (χ1) is 11.2. The Bertz CT molecular complexity index is 533. The summed E-state index contributed by atoms with van der Waals surface area (Å²) in [5, 5.41) is 6.31. The molecular weight excluding hydrogens is 295 g/mol. The third-order valence-electron chi connectivity index (χ3n) is 4.71. The Kier molecular flexibility index (Phi) is 5.56. The molecule has 2 fully saturated rings. The normalized spacial score (nSPS) is 25.4. The lowest BCUT2D eigenvalue weighted by molar-refractivity contribution is -0.123. The highest BCUT2D eigenvalue weighted by Gasteiger charge is 2.24. The Morgan fingerprint density at radius 1 is 1.39 bits per heavy atom. The molecule has 0 aromatic carbocycles. The summed E-state index contributed by atoms with van der Waals surface area (Å²) in [4.78, 5) is 18.3. The zero-order valence-electron chi connectivity index (χ0n) is 13.4. The van der Waals surface area contributed by atoms with Crippen molar-refractivity contribution in [2.75, 3.05) is 26.2 Å². The number of hydrogen-bond donors (Lipinski definition) is 2. The Morgan fingerprint density at radius 3 is 3.09 bits per heavy atom. The van der Waals surface area contributed by atoms with Crippen LogP contribution in [0.25, 0.3) is 0 Å². The minimum Gasteiger partial charge on any atom is -0.354 e. The molecule has 3 heterocycles. The van der Waals surface area contributed by atoms with Crippen LogP contribution in [0, 0.1) is 11.7 Å². The molecule has 0 aliphatic carbocycles. The number of hydrogen-bond acceptors (Lipinski definition) is 4. The topological polar surface area (TPSA) is 57.3 Å². The third-order valence-corrected chi connectivity index (χ3v) is 4.71. The van der Waals surface area contributed by atoms with Crippen molar-refractivity contribution in [1.29, 1.82) is 0 Å². The van der Waals surface area contributed by atoms with Crippen LogP contribution in [0.3, 0.4) is 0 Å². The van der Waals surface area contributed by atoms with Gasteiger partial charge in [-0.1, -0.05) is 0 Å². The molecule has 2 aliphatic rings. The fourth-order valence-corrected chi connectivity index (χ4v) is 3.54. The molecule has 1 amide bonds. The lowest BCUT2D eigenvalue weighted by Gasteiger charge is -2.33. The third kappa shape index (κ3) is 4.72. The number of rotatable bonds is 5. The van der Waals surface area contributed by atoms with Crippen molar-refractivity contribution in [2.24, 2.45) is 5.92 Å². The van der Waals surface area contributed by atoms with E-state index in [-0.39, 0.29) is 17.8 Å². The van der Waals surface area contributed by atoms with Crippen LogP contribution in [0.15, 0.2) is 18.5 Å². The summed E-state index contributed by atoms with van der Waals surface area (Å²) in [5.41, 5.74) is 0.907. The zero-order chi connectivity index (χ0) is 16.1. The van der Waals surface area contributed by atoms with Crippen molar-refractivity contribution < 1.29 is 9.18 Å². The number of nitrogens with one attached hydrogen (secondary N) is 2. The second-order valence-corrected chi connectivity index (χ2v) is 6.65. The van der Waals surface area contributed by atoms with Gasteiger partial charge < -0.3 is 10.6 Å². The van der Waals surface area contributed by atoms with E-state index in [4.69, 9.17) is 0 Å². The molecular formula is C17H25FN4O. The van der Waals surface area contributed by atoms with Gasteiger partial charge in [0.05, 0.1) is 12.2 Å². The van der Waals surface area contributed by atoms with Crippen LogP contribution in [0.2, 0.25) is 0 Å². The van der Waals surface area contributed by atoms with Crippen molar-refractivity contribution in [3.63, 3.8) is 0 Å². The van der Waals surface area contributed by atoms with Crippen molar-refractivity contribution >= 4 is 5.91 Å². The van der Waals surface area contributed by atoms with Gasteiger partial charge in [0.15, 0.2) is 0 Å². The second-order valence-electron chi connectivity index (χ2n) is 6.65. The number of carbonyl (C=O) groups excluding carboxylic acids is 1. The molecule has 0 bridgehead atoms. The molecule has 2 unspecified atom stereocenters. The highest BCUT2D eigenvalue weighted by molar-refractivity contribution is 5.81. The monoisotopic (exact) mass is 320 g/mol. The van der Waals surface area contributed by atoms with E-state index in [9.17, 15) is 9.18 Å². The Morgan fingerprint density at radius 2 is 2.30 bits per heavy atom. The first-order valence-electron chi connectivity index (χ1n) is 8.53. The number of nitrogens with zero attached hydrogens (tertiary/aromatic N) is 2. The van der Waals surface area contributed by atoms with Gasteiger partial charge in [0.1, 0.15) is 5.82 Å². The van der Waals surface area contributed by atoms with Crippen LogP contribution in [0.4, 0.5) is 4.39 Å². The van der Waals surface area contributed by atoms with Crippen molar-refractivity contribution in [3.05, 3.63) is 29.8 Å². The highest BCUT2D eigenvalue weighted by atomic mass is 19.1. The summed E-state index contributed by atoms with van der Waals surface area (Å²) in [6.07, 6.45) is 7.22. The molecule has 2 aliphatic heterocycles. The summed E-state index contributed by atoms with van der Waals surface area (Å²) in [7, 11) is 0. The fraction of sp³-hybridized carbons (Fsp3) is 0.647. The van der Waals surface area contributed by atoms with E-state index in [0.717, 1.165) is 64.0 Å². The maximum Gasteiger partial charge on any atom is 0.237 e. The van der Waals surface area contributed by atoms with E-state index in [1.807, 2.05) is 0 Å². The lowest BCUT2D eigenvalue weighted by atomic mass is 9.97. The number of aromatic nitrogens is 1. The van der Waals surface area contributed by atoms with Crippen LogP contribution in [0.5, 0.6) is 0 Å². The van der Waals surface area contributed by atoms with Gasteiger partial charge in [-0.2, -0.15) is 0 Å². The summed E-state index contributed by atoms with van der Waals surface area (Å²) in [6.45, 7) is 4.35. The molecule has 0 spiro atoms. The molecule has 1 aromatic rings. The van der Waals surface area contributed by atoms with E-state index in [1.54, 1.807) is 12.3 Å². The minimum atomic E-state index is -0.285. The number of pyridine rings is 1. The molecule has 0 saturated carbocycles. The summed E-state index contributed by atoms with van der Waals surface area (Å²) in [6, 6.07) is 1.54. The van der Waals surface area contributed by atoms with E-state index >= 15 is 0 Å². The van der Waals surface area contributed by atoms with Gasteiger partial charge >= 0.3 is 0 Å². The first kappa shape index (κ1) is 16.3. The summed E-state index contributed by atoms with van der Waals surface area (Å²) in [5.74, 6) is 0.317. The van der Waals surface area contributed by atoms with E-state index in [2.05, 4.69) is 20.5 Å². The van der Waals surface area contributed by atoms with Crippen LogP contribution >= 0.6 is 0 Å². The fourth-order valence-electron chi connectivity index (χ4n) is 3.54. The van der Waals surface area contributed by atoms with E-state index < -0.39 is 0 Å². The molecule has 1 aromatic heterocycles. The van der Waals surface area contributed by atoms with Crippen molar-refractivity contribution in [2.45, 2.75) is 38.3 Å². The van der Waals surface area contributed by atoms with Gasteiger partial charge in [-0.25, -0.2) is 4.39 Å². The number of halogens is 1. The Balaban J connectivity index is 1.45. The van der Waals surface area contributed by atoms with Gasteiger partial charge in [0.25, 0.3) is 0 Å². The van der Waals surface area contributed by atoms with Gasteiger partial charge in [-0.3, -0.25) is 14.7 Å². The SMILES string of the molecule is O=C(NCC1CCCN(Cc2cncc(F)c2)C1)C1CCCN1. The minimum absolute atomic E-state index is 0.00642. The molecule has 2 N–H and O–H groups in total. The van der Waals surface area contributed by atoms with E-state index in [1.165, 1.54) is 6.20 Å². The predicted octanol–water partition coefficient (Wildman–Crippen LogP) is 1.30. The molecule has 6 heteroatoms. The highest BCUT2D eigenvalue weighted by Crippen LogP contribution is 2.18. The molecule has 23 heavy (non-hydrogen) atoms. The Hall–Kier alpha value is -1.53. The summed E-state index contributed by atoms with van der Waals surface area (Å²) >= 11 is 0.